The molecule has 0 aliphatic heterocycles. The van der Waals surface area contributed by atoms with Crippen LogP contribution in [0.5, 0.6) is 0 Å². The van der Waals surface area contributed by atoms with Crippen LogP contribution < -0.4 is 0 Å². The minimum atomic E-state index is -3.56. The molecule has 6 heteroatoms. The summed E-state index contributed by atoms with van der Waals surface area (Å²) in [5.74, 6) is -0.210. The molecule has 0 amide bonds. The molecule has 0 spiro atoms. The van der Waals surface area contributed by atoms with Crippen molar-refractivity contribution in [2.45, 2.75) is 37.1 Å². The average Bonchev–Trinajstić information content (AvgIpc) is 2.86. The van der Waals surface area contributed by atoms with Gasteiger partial charge in [-0.05, 0) is 31.9 Å². The van der Waals surface area contributed by atoms with Crippen LogP contribution >= 0.6 is 0 Å². The Morgan fingerprint density at radius 3 is 2.74 bits per heavy atom. The van der Waals surface area contributed by atoms with E-state index in [1.54, 1.807) is 19.2 Å². The Kier molecular flexibility index (Phi) is 3.88. The first-order valence-corrected chi connectivity index (χ1v) is 7.71. The van der Waals surface area contributed by atoms with Gasteiger partial charge in [-0.15, -0.1) is 0 Å². The van der Waals surface area contributed by atoms with Gasteiger partial charge in [-0.2, -0.15) is 9.57 Å². The molecule has 1 aromatic rings. The zero-order chi connectivity index (χ0) is 14.0. The van der Waals surface area contributed by atoms with E-state index in [2.05, 4.69) is 11.1 Å². The van der Waals surface area contributed by atoms with Crippen LogP contribution in [-0.4, -0.2) is 30.8 Å². The predicted molar refractivity (Wildman–Crippen MR) is 70.7 cm³/mol. The topological polar surface area (TPSA) is 74.1 Å². The molecule has 1 saturated carbocycles. The van der Waals surface area contributed by atoms with Gasteiger partial charge in [-0.3, -0.25) is 4.98 Å². The molecule has 1 fully saturated rings. The lowest BCUT2D eigenvalue weighted by Crippen LogP contribution is -2.38. The lowest BCUT2D eigenvalue weighted by molar-refractivity contribution is 0.337. The van der Waals surface area contributed by atoms with Gasteiger partial charge in [0.25, 0.3) is 0 Å². The number of hydrogen-bond donors (Lipinski definition) is 0. The van der Waals surface area contributed by atoms with Crippen LogP contribution in [-0.2, 0) is 10.0 Å². The summed E-state index contributed by atoms with van der Waals surface area (Å²) in [5, 5.41) is 9.07. The molecule has 0 aromatic carbocycles. The van der Waals surface area contributed by atoms with Crippen molar-refractivity contribution in [2.75, 3.05) is 7.05 Å². The average molecular weight is 279 g/mol. The predicted octanol–water partition coefficient (Wildman–Crippen LogP) is 1.70. The van der Waals surface area contributed by atoms with E-state index in [4.69, 9.17) is 5.26 Å². The largest absolute Gasteiger partial charge is 0.260 e. The summed E-state index contributed by atoms with van der Waals surface area (Å²) in [6.45, 7) is 1.81. The van der Waals surface area contributed by atoms with Gasteiger partial charge in [0.1, 0.15) is 4.90 Å². The number of nitriles is 1. The van der Waals surface area contributed by atoms with Gasteiger partial charge in [0.05, 0.1) is 12.0 Å². The lowest BCUT2D eigenvalue weighted by atomic mass is 10.1. The zero-order valence-electron chi connectivity index (χ0n) is 11.1. The monoisotopic (exact) mass is 279 g/mol. The van der Waals surface area contributed by atoms with Gasteiger partial charge in [-0.1, -0.05) is 6.42 Å². The van der Waals surface area contributed by atoms with Crippen molar-refractivity contribution >= 4 is 10.0 Å². The van der Waals surface area contributed by atoms with Crippen molar-refractivity contribution in [2.24, 2.45) is 5.92 Å². The van der Waals surface area contributed by atoms with Gasteiger partial charge in [0.2, 0.25) is 10.0 Å². The first-order valence-electron chi connectivity index (χ1n) is 6.27. The lowest BCUT2D eigenvalue weighted by Gasteiger charge is -2.25. The second-order valence-corrected chi connectivity index (χ2v) is 6.89. The molecule has 5 nitrogen and oxygen atoms in total. The molecule has 2 atom stereocenters. The Morgan fingerprint density at radius 1 is 1.42 bits per heavy atom. The van der Waals surface area contributed by atoms with Crippen LogP contribution in [0, 0.1) is 24.2 Å². The molecule has 0 bridgehead atoms. The van der Waals surface area contributed by atoms with E-state index in [0.717, 1.165) is 25.0 Å². The van der Waals surface area contributed by atoms with E-state index < -0.39 is 10.0 Å². The molecule has 0 saturated heterocycles. The summed E-state index contributed by atoms with van der Waals surface area (Å²) in [4.78, 5) is 4.21. The SMILES string of the molecule is Cc1ccc(S(=O)(=O)N(C)C2CCCC2C#N)cn1. The zero-order valence-corrected chi connectivity index (χ0v) is 11.9. The molecular formula is C13H17N3O2S. The Balaban J connectivity index is 2.29. The molecule has 1 aliphatic carbocycles. The normalized spacial score (nSPS) is 23.5. The third-order valence-electron chi connectivity index (χ3n) is 3.67. The fourth-order valence-electron chi connectivity index (χ4n) is 2.48. The van der Waals surface area contributed by atoms with Crippen LogP contribution in [0.15, 0.2) is 23.2 Å². The first kappa shape index (κ1) is 14.0. The molecule has 1 heterocycles. The van der Waals surface area contributed by atoms with Gasteiger partial charge in [0.15, 0.2) is 0 Å². The van der Waals surface area contributed by atoms with Crippen molar-refractivity contribution in [1.29, 1.82) is 5.26 Å². The van der Waals surface area contributed by atoms with Gasteiger partial charge in [-0.25, -0.2) is 8.42 Å². The third-order valence-corrected chi connectivity index (χ3v) is 5.54. The van der Waals surface area contributed by atoms with Gasteiger partial charge in [0, 0.05) is 25.0 Å². The van der Waals surface area contributed by atoms with Crippen LogP contribution in [0.4, 0.5) is 0 Å². The molecule has 19 heavy (non-hydrogen) atoms. The summed E-state index contributed by atoms with van der Waals surface area (Å²) < 4.78 is 26.3. The number of pyridine rings is 1. The van der Waals surface area contributed by atoms with Crippen molar-refractivity contribution in [3.8, 4) is 6.07 Å². The quantitative estimate of drug-likeness (QED) is 0.844. The van der Waals surface area contributed by atoms with E-state index >= 15 is 0 Å². The number of aryl methyl sites for hydroxylation is 1. The highest BCUT2D eigenvalue weighted by atomic mass is 32.2. The smallest absolute Gasteiger partial charge is 0.244 e. The Labute approximate surface area is 113 Å². The Morgan fingerprint density at radius 2 is 2.16 bits per heavy atom. The third kappa shape index (κ3) is 2.62. The molecule has 102 valence electrons. The highest BCUT2D eigenvalue weighted by Gasteiger charge is 2.36. The molecule has 1 aliphatic rings. The van der Waals surface area contributed by atoms with Crippen LogP contribution in [0.3, 0.4) is 0 Å². The Bertz CT molecular complexity index is 589. The van der Waals surface area contributed by atoms with Crippen molar-refractivity contribution in [3.63, 3.8) is 0 Å². The fourth-order valence-corrected chi connectivity index (χ4v) is 3.84. The molecule has 2 rings (SSSR count). The number of nitrogens with zero attached hydrogens (tertiary/aromatic N) is 3. The van der Waals surface area contributed by atoms with Crippen molar-refractivity contribution in [1.82, 2.24) is 9.29 Å². The minimum absolute atomic E-state index is 0.184. The summed E-state index contributed by atoms with van der Waals surface area (Å²) in [7, 11) is -2.01. The Hall–Kier alpha value is -1.45. The standard InChI is InChI=1S/C13H17N3O2S/c1-10-6-7-12(9-15-10)19(17,18)16(2)13-5-3-4-11(13)8-14/h6-7,9,11,13H,3-5H2,1-2H3. The maximum Gasteiger partial charge on any atom is 0.244 e. The summed E-state index contributed by atoms with van der Waals surface area (Å²) in [6.07, 6.45) is 3.78. The fraction of sp³-hybridized carbons (Fsp3) is 0.538. The molecular weight excluding hydrogens is 262 g/mol. The second kappa shape index (κ2) is 5.27. The van der Waals surface area contributed by atoms with Gasteiger partial charge < -0.3 is 0 Å². The molecule has 1 aromatic heterocycles. The van der Waals surface area contributed by atoms with Crippen LogP contribution in [0.2, 0.25) is 0 Å². The van der Waals surface area contributed by atoms with Crippen molar-refractivity contribution < 1.29 is 8.42 Å². The highest BCUT2D eigenvalue weighted by molar-refractivity contribution is 7.89. The summed E-state index contributed by atoms with van der Waals surface area (Å²) in [6, 6.07) is 5.22. The van der Waals surface area contributed by atoms with Crippen LogP contribution in [0.25, 0.3) is 0 Å². The van der Waals surface area contributed by atoms with Gasteiger partial charge >= 0.3 is 0 Å². The maximum absolute atomic E-state index is 12.5. The number of aromatic nitrogens is 1. The van der Waals surface area contributed by atoms with E-state index in [-0.39, 0.29) is 16.9 Å². The number of sulfonamides is 1. The minimum Gasteiger partial charge on any atom is -0.260 e. The summed E-state index contributed by atoms with van der Waals surface area (Å²) in [5.41, 5.74) is 0.775. The first-order chi connectivity index (χ1) is 8.96. The molecule has 2 unspecified atom stereocenters. The second-order valence-electron chi connectivity index (χ2n) is 4.89. The van der Waals surface area contributed by atoms with Crippen molar-refractivity contribution in [3.05, 3.63) is 24.0 Å². The molecule has 0 radical (unpaired) electrons. The highest BCUT2D eigenvalue weighted by Crippen LogP contribution is 2.31. The summed E-state index contributed by atoms with van der Waals surface area (Å²) >= 11 is 0. The number of hydrogen-bond acceptors (Lipinski definition) is 4. The van der Waals surface area contributed by atoms with E-state index in [1.165, 1.54) is 10.5 Å². The van der Waals surface area contributed by atoms with E-state index in [1.807, 2.05) is 6.92 Å². The number of rotatable bonds is 3. The maximum atomic E-state index is 12.5. The molecule has 0 N–H and O–H groups in total. The van der Waals surface area contributed by atoms with E-state index in [9.17, 15) is 8.42 Å². The van der Waals surface area contributed by atoms with Crippen LogP contribution in [0.1, 0.15) is 25.0 Å². The van der Waals surface area contributed by atoms with E-state index in [0.29, 0.717) is 0 Å².